The smallest absolute Gasteiger partial charge is 0.183 e. The molecule has 0 radical (unpaired) electrons. The molecule has 12 heteroatoms. The lowest BCUT2D eigenvalue weighted by molar-refractivity contribution is 1.18. The Bertz CT molecular complexity index is 1490. The molecule has 128 valence electrons. The Morgan fingerprint density at radius 2 is 0.679 bits per heavy atom. The topological polar surface area (TPSA) is 225 Å². The molecule has 4 rings (SSSR count). The molecule has 28 heavy (non-hydrogen) atoms. The molecule has 0 bridgehead atoms. The van der Waals surface area contributed by atoms with Crippen LogP contribution >= 0.6 is 0 Å². The fraction of sp³-hybridized carbons (Fsp3) is 0. The van der Waals surface area contributed by atoms with E-state index in [9.17, 15) is 21.0 Å². The summed E-state index contributed by atoms with van der Waals surface area (Å²) in [6.45, 7) is 0. The largest absolute Gasteiger partial charge is 0.381 e. The predicted molar refractivity (Wildman–Crippen MR) is 93.4 cm³/mol. The molecular weight excluding hydrogens is 360 g/mol. The first-order valence-corrected chi connectivity index (χ1v) is 7.41. The lowest BCUT2D eigenvalue weighted by Gasteiger charge is -2.09. The number of nitrogen functional groups attached to an aromatic ring is 2. The van der Waals surface area contributed by atoms with Crippen molar-refractivity contribution in [1.29, 1.82) is 21.0 Å². The van der Waals surface area contributed by atoms with Crippen molar-refractivity contribution in [3.63, 3.8) is 0 Å². The number of fused-ring (bicyclic) bond motifs is 6. The van der Waals surface area contributed by atoms with Crippen molar-refractivity contribution in [1.82, 2.24) is 29.9 Å². The Kier molecular flexibility index (Phi) is 3.29. The monoisotopic (exact) mass is 364 g/mol. The van der Waals surface area contributed by atoms with E-state index in [2.05, 4.69) is 29.9 Å². The third-order valence-corrected chi connectivity index (χ3v) is 3.84. The highest BCUT2D eigenvalue weighted by Crippen LogP contribution is 2.31. The summed E-state index contributed by atoms with van der Waals surface area (Å²) < 4.78 is 0. The number of hydrogen-bond acceptors (Lipinski definition) is 12. The molecular formula is C16H4N12. The average Bonchev–Trinajstić information content (AvgIpc) is 2.72. The molecule has 0 aliphatic carbocycles. The van der Waals surface area contributed by atoms with E-state index in [1.165, 1.54) is 0 Å². The van der Waals surface area contributed by atoms with Crippen LogP contribution in [0.5, 0.6) is 0 Å². The number of aromatic nitrogens is 6. The summed E-state index contributed by atoms with van der Waals surface area (Å²) >= 11 is 0. The van der Waals surface area contributed by atoms with Crippen LogP contribution in [-0.4, -0.2) is 29.9 Å². The van der Waals surface area contributed by atoms with Gasteiger partial charge in [0.1, 0.15) is 57.4 Å². The van der Waals surface area contributed by atoms with Crippen molar-refractivity contribution >= 4 is 44.7 Å². The minimum Gasteiger partial charge on any atom is -0.381 e. The minimum absolute atomic E-state index is 0.0699. The fourth-order valence-electron chi connectivity index (χ4n) is 2.64. The molecule has 0 aliphatic rings. The molecule has 0 aliphatic heterocycles. The van der Waals surface area contributed by atoms with E-state index in [0.29, 0.717) is 0 Å². The summed E-state index contributed by atoms with van der Waals surface area (Å²) in [6, 6.07) is 7.19. The van der Waals surface area contributed by atoms with E-state index in [0.717, 1.165) is 0 Å². The summed E-state index contributed by atoms with van der Waals surface area (Å²) in [6.07, 6.45) is 0. The van der Waals surface area contributed by atoms with Crippen LogP contribution in [0, 0.1) is 45.3 Å². The number of benzene rings is 1. The Hall–Kier alpha value is -5.20. The molecule has 0 fully saturated rings. The lowest BCUT2D eigenvalue weighted by Crippen LogP contribution is -2.06. The van der Waals surface area contributed by atoms with Crippen molar-refractivity contribution in [2.75, 3.05) is 11.5 Å². The van der Waals surface area contributed by atoms with Gasteiger partial charge in [0.05, 0.1) is 0 Å². The molecule has 3 aromatic heterocycles. The molecule has 0 saturated carbocycles. The number of rotatable bonds is 0. The zero-order chi connectivity index (χ0) is 20.0. The number of nitrogens with zero attached hydrogens (tertiary/aromatic N) is 10. The second kappa shape index (κ2) is 5.67. The first-order chi connectivity index (χ1) is 13.5. The Balaban J connectivity index is 2.40. The Morgan fingerprint density at radius 1 is 0.429 bits per heavy atom. The average molecular weight is 364 g/mol. The predicted octanol–water partition coefficient (Wildman–Crippen LogP) is 0.167. The van der Waals surface area contributed by atoms with Crippen LogP contribution in [0.3, 0.4) is 0 Å². The van der Waals surface area contributed by atoms with Gasteiger partial charge >= 0.3 is 0 Å². The first-order valence-electron chi connectivity index (χ1n) is 7.41. The number of hydrogen-bond donors (Lipinski definition) is 2. The van der Waals surface area contributed by atoms with Gasteiger partial charge in [-0.3, -0.25) is 0 Å². The Morgan fingerprint density at radius 3 is 0.964 bits per heavy atom. The quantitative estimate of drug-likeness (QED) is 0.398. The van der Waals surface area contributed by atoms with Gasteiger partial charge in [-0.2, -0.15) is 21.0 Å². The van der Waals surface area contributed by atoms with Crippen LogP contribution in [0.15, 0.2) is 0 Å². The highest BCUT2D eigenvalue weighted by Gasteiger charge is 2.21. The molecule has 0 amide bonds. The molecule has 0 atom stereocenters. The van der Waals surface area contributed by atoms with Crippen molar-refractivity contribution in [2.45, 2.75) is 0 Å². The van der Waals surface area contributed by atoms with Gasteiger partial charge in [-0.1, -0.05) is 0 Å². The van der Waals surface area contributed by atoms with Gasteiger partial charge in [-0.25, -0.2) is 29.9 Å². The molecule has 4 N–H and O–H groups in total. The standard InChI is InChI=1S/C16H4N12/c17-1-5-6(2-18)24-10-9(23-5)11-14(28-15(21)7(3-19)25-11)12-13(10)27-16(22)8(4-20)26-12/h(H2,21,28)(H2,22,27). The van der Waals surface area contributed by atoms with Crippen LogP contribution in [-0.2, 0) is 0 Å². The summed E-state index contributed by atoms with van der Waals surface area (Å²) in [4.78, 5) is 24.9. The third-order valence-electron chi connectivity index (χ3n) is 3.84. The van der Waals surface area contributed by atoms with Crippen molar-refractivity contribution < 1.29 is 0 Å². The van der Waals surface area contributed by atoms with Crippen molar-refractivity contribution in [3.05, 3.63) is 22.8 Å². The van der Waals surface area contributed by atoms with Crippen LogP contribution in [0.25, 0.3) is 33.1 Å². The van der Waals surface area contributed by atoms with Crippen LogP contribution in [0.4, 0.5) is 11.6 Å². The highest BCUT2D eigenvalue weighted by molar-refractivity contribution is 6.18. The number of anilines is 2. The van der Waals surface area contributed by atoms with Crippen LogP contribution < -0.4 is 11.5 Å². The maximum atomic E-state index is 9.26. The van der Waals surface area contributed by atoms with Gasteiger partial charge in [-0.15, -0.1) is 0 Å². The van der Waals surface area contributed by atoms with Crippen LogP contribution in [0.1, 0.15) is 22.8 Å². The zero-order valence-electron chi connectivity index (χ0n) is 13.6. The summed E-state index contributed by atoms with van der Waals surface area (Å²) in [5.74, 6) is -0.315. The summed E-state index contributed by atoms with van der Waals surface area (Å²) in [5.41, 5.74) is 11.3. The van der Waals surface area contributed by atoms with Gasteiger partial charge in [0.2, 0.25) is 0 Å². The van der Waals surface area contributed by atoms with Gasteiger partial charge in [0.25, 0.3) is 0 Å². The second-order valence-electron chi connectivity index (χ2n) is 5.37. The van der Waals surface area contributed by atoms with Crippen molar-refractivity contribution in [2.24, 2.45) is 0 Å². The fourth-order valence-corrected chi connectivity index (χ4v) is 2.64. The van der Waals surface area contributed by atoms with Gasteiger partial charge in [0, 0.05) is 0 Å². The molecule has 0 spiro atoms. The maximum Gasteiger partial charge on any atom is 0.183 e. The molecule has 0 saturated heterocycles. The highest BCUT2D eigenvalue weighted by atomic mass is 15.0. The Labute approximate surface area is 155 Å². The van der Waals surface area contributed by atoms with Crippen LogP contribution in [0.2, 0.25) is 0 Å². The number of nitriles is 4. The van der Waals surface area contributed by atoms with E-state index in [4.69, 9.17) is 11.5 Å². The SMILES string of the molecule is N#Cc1nc2c(nc1N)c1nc(C#N)c(N)nc1c1nc(C#N)c(C#N)nc21. The second-order valence-corrected chi connectivity index (χ2v) is 5.37. The number of nitrogens with two attached hydrogens (primary N) is 2. The van der Waals surface area contributed by atoms with E-state index in [1.807, 2.05) is 12.1 Å². The molecule has 4 aromatic rings. The molecule has 12 nitrogen and oxygen atoms in total. The molecule has 0 unspecified atom stereocenters. The molecule has 3 heterocycles. The van der Waals surface area contributed by atoms with Crippen molar-refractivity contribution in [3.8, 4) is 24.3 Å². The van der Waals surface area contributed by atoms with E-state index in [-0.39, 0.29) is 67.5 Å². The third kappa shape index (κ3) is 2.07. The zero-order valence-corrected chi connectivity index (χ0v) is 13.6. The van der Waals surface area contributed by atoms with E-state index >= 15 is 0 Å². The maximum absolute atomic E-state index is 9.26. The van der Waals surface area contributed by atoms with Gasteiger partial charge in [0.15, 0.2) is 34.4 Å². The van der Waals surface area contributed by atoms with Gasteiger partial charge < -0.3 is 11.5 Å². The van der Waals surface area contributed by atoms with Gasteiger partial charge in [-0.05, 0) is 0 Å². The van der Waals surface area contributed by atoms with E-state index in [1.54, 1.807) is 12.1 Å². The summed E-state index contributed by atoms with van der Waals surface area (Å²) in [7, 11) is 0. The molecule has 1 aromatic carbocycles. The minimum atomic E-state index is -0.234. The van der Waals surface area contributed by atoms with E-state index < -0.39 is 0 Å². The normalized spacial score (nSPS) is 10.3. The lowest BCUT2D eigenvalue weighted by atomic mass is 10.1. The first kappa shape index (κ1) is 16.3. The summed E-state index contributed by atoms with van der Waals surface area (Å²) in [5, 5.41) is 36.9.